The van der Waals surface area contributed by atoms with Crippen LogP contribution in [-0.2, 0) is 13.0 Å². The molecule has 0 atom stereocenters. The molecular weight excluding hydrogens is 201 g/mol. The summed E-state index contributed by atoms with van der Waals surface area (Å²) in [5, 5.41) is 0. The molecule has 0 radical (unpaired) electrons. The van der Waals surface area contributed by atoms with E-state index in [2.05, 4.69) is 42.9 Å². The summed E-state index contributed by atoms with van der Waals surface area (Å²) in [7, 11) is 0. The van der Waals surface area contributed by atoms with Gasteiger partial charge in [0.15, 0.2) is 12.4 Å². The van der Waals surface area contributed by atoms with E-state index in [9.17, 15) is 0 Å². The van der Waals surface area contributed by atoms with Crippen LogP contribution in [0.2, 0.25) is 0 Å². The molecule has 0 N–H and O–H groups in total. The maximum absolute atomic E-state index is 2.30. The Morgan fingerprint density at radius 3 is 2.12 bits per heavy atom. The van der Waals surface area contributed by atoms with Gasteiger partial charge in [-0.15, -0.1) is 0 Å². The van der Waals surface area contributed by atoms with Crippen LogP contribution in [0.3, 0.4) is 0 Å². The molecule has 0 aliphatic heterocycles. The first-order valence-electron chi connectivity index (χ1n) is 6.34. The molecule has 1 aromatic heterocycles. The first-order valence-corrected chi connectivity index (χ1v) is 6.34. The van der Waals surface area contributed by atoms with Gasteiger partial charge in [-0.1, -0.05) is 33.1 Å². The highest BCUT2D eigenvalue weighted by atomic mass is 19.0. The summed E-state index contributed by atoms with van der Waals surface area (Å²) < 4.78 is 2.30. The molecule has 1 rings (SSSR count). The van der Waals surface area contributed by atoms with Crippen LogP contribution in [0.25, 0.3) is 0 Å². The molecular formula is C14H24FN. The number of pyridine rings is 1. The van der Waals surface area contributed by atoms with Gasteiger partial charge in [-0.3, -0.25) is 0 Å². The van der Waals surface area contributed by atoms with E-state index < -0.39 is 0 Å². The SMILES string of the molecule is CCCCCCC[n+]1ccc(CC)cc1.[F-]. The van der Waals surface area contributed by atoms with Crippen LogP contribution in [0, 0.1) is 0 Å². The summed E-state index contributed by atoms with van der Waals surface area (Å²) in [5.41, 5.74) is 1.43. The zero-order valence-electron chi connectivity index (χ0n) is 10.6. The molecule has 0 bridgehead atoms. The van der Waals surface area contributed by atoms with Gasteiger partial charge < -0.3 is 4.70 Å². The van der Waals surface area contributed by atoms with E-state index in [-0.39, 0.29) is 4.70 Å². The van der Waals surface area contributed by atoms with E-state index >= 15 is 0 Å². The smallest absolute Gasteiger partial charge is 0.169 e. The largest absolute Gasteiger partial charge is 1.00 e. The van der Waals surface area contributed by atoms with Crippen LogP contribution < -0.4 is 9.27 Å². The zero-order valence-corrected chi connectivity index (χ0v) is 10.6. The average molecular weight is 225 g/mol. The van der Waals surface area contributed by atoms with E-state index in [1.807, 2.05) is 0 Å². The van der Waals surface area contributed by atoms with Crippen molar-refractivity contribution in [1.82, 2.24) is 0 Å². The number of rotatable bonds is 7. The first-order chi connectivity index (χ1) is 7.36. The number of aryl methyl sites for hydroxylation is 2. The number of unbranched alkanes of at least 4 members (excludes halogenated alkanes) is 4. The molecule has 0 aliphatic carbocycles. The molecule has 0 aromatic carbocycles. The van der Waals surface area contributed by atoms with E-state index in [1.165, 1.54) is 44.2 Å². The maximum atomic E-state index is 2.30. The Morgan fingerprint density at radius 2 is 1.56 bits per heavy atom. The van der Waals surface area contributed by atoms with Crippen molar-refractivity contribution in [2.24, 2.45) is 0 Å². The minimum atomic E-state index is 0. The highest BCUT2D eigenvalue weighted by molar-refractivity contribution is 5.06. The third kappa shape index (κ3) is 5.84. The van der Waals surface area contributed by atoms with Crippen molar-refractivity contribution in [3.63, 3.8) is 0 Å². The minimum absolute atomic E-state index is 0. The van der Waals surface area contributed by atoms with Gasteiger partial charge in [0.1, 0.15) is 6.54 Å². The molecule has 0 unspecified atom stereocenters. The Bertz CT molecular complexity index is 256. The number of nitrogens with zero attached hydrogens (tertiary/aromatic N) is 1. The van der Waals surface area contributed by atoms with Gasteiger partial charge in [0.25, 0.3) is 0 Å². The molecule has 1 nitrogen and oxygen atoms in total. The predicted molar refractivity (Wildman–Crippen MR) is 64.8 cm³/mol. The third-order valence-corrected chi connectivity index (χ3v) is 2.89. The van der Waals surface area contributed by atoms with E-state index in [0.29, 0.717) is 0 Å². The molecule has 1 heterocycles. The average Bonchev–Trinajstić information content (AvgIpc) is 2.30. The fraction of sp³-hybridized carbons (Fsp3) is 0.643. The van der Waals surface area contributed by atoms with Crippen molar-refractivity contribution in [2.75, 3.05) is 0 Å². The standard InChI is InChI=1S/C14H24N.FH/c1-3-5-6-7-8-11-15-12-9-14(4-2)10-13-15;/h9-10,12-13H,3-8,11H2,1-2H3;1H/q+1;/p-1. The monoisotopic (exact) mass is 225 g/mol. The van der Waals surface area contributed by atoms with E-state index in [0.717, 1.165) is 6.42 Å². The van der Waals surface area contributed by atoms with Crippen molar-refractivity contribution in [3.05, 3.63) is 30.1 Å². The summed E-state index contributed by atoms with van der Waals surface area (Å²) in [6.45, 7) is 5.64. The quantitative estimate of drug-likeness (QED) is 0.470. The lowest BCUT2D eigenvalue weighted by Gasteiger charge is -1.99. The molecule has 0 amide bonds. The lowest BCUT2D eigenvalue weighted by atomic mass is 10.1. The summed E-state index contributed by atoms with van der Waals surface area (Å²) in [6.07, 6.45) is 12.4. The second kappa shape index (κ2) is 9.32. The van der Waals surface area contributed by atoms with Crippen LogP contribution >= 0.6 is 0 Å². The normalized spacial score (nSPS) is 9.88. The summed E-state index contributed by atoms with van der Waals surface area (Å²) in [5.74, 6) is 0. The molecule has 0 spiro atoms. The number of aromatic nitrogens is 1. The molecule has 92 valence electrons. The van der Waals surface area contributed by atoms with Gasteiger partial charge in [-0.25, -0.2) is 4.57 Å². The van der Waals surface area contributed by atoms with Crippen LogP contribution in [0.15, 0.2) is 24.5 Å². The lowest BCUT2D eigenvalue weighted by molar-refractivity contribution is -0.697. The van der Waals surface area contributed by atoms with Crippen LogP contribution in [0.5, 0.6) is 0 Å². The molecule has 0 aliphatic rings. The second-order valence-corrected chi connectivity index (χ2v) is 4.21. The Kier molecular flexibility index (Phi) is 8.78. The van der Waals surface area contributed by atoms with Gasteiger partial charge in [0, 0.05) is 18.6 Å². The van der Waals surface area contributed by atoms with Crippen LogP contribution in [0.4, 0.5) is 0 Å². The number of hydrogen-bond donors (Lipinski definition) is 0. The maximum Gasteiger partial charge on any atom is 0.169 e. The molecule has 0 fully saturated rings. The van der Waals surface area contributed by atoms with E-state index in [1.54, 1.807) is 0 Å². The van der Waals surface area contributed by atoms with Crippen LogP contribution in [-0.4, -0.2) is 0 Å². The highest BCUT2D eigenvalue weighted by Crippen LogP contribution is 2.02. The molecule has 16 heavy (non-hydrogen) atoms. The summed E-state index contributed by atoms with van der Waals surface area (Å²) >= 11 is 0. The Hall–Kier alpha value is -0.920. The van der Waals surface area contributed by atoms with E-state index in [4.69, 9.17) is 0 Å². The fourth-order valence-corrected chi connectivity index (χ4v) is 1.77. The molecule has 0 saturated heterocycles. The van der Waals surface area contributed by atoms with Crippen molar-refractivity contribution in [1.29, 1.82) is 0 Å². The number of hydrogen-bond acceptors (Lipinski definition) is 0. The first kappa shape index (κ1) is 15.1. The fourth-order valence-electron chi connectivity index (χ4n) is 1.77. The van der Waals surface area contributed by atoms with Crippen LogP contribution in [0.1, 0.15) is 51.5 Å². The number of halogens is 1. The van der Waals surface area contributed by atoms with Crippen molar-refractivity contribution < 1.29 is 9.27 Å². The Morgan fingerprint density at radius 1 is 0.938 bits per heavy atom. The summed E-state index contributed by atoms with van der Waals surface area (Å²) in [6, 6.07) is 4.46. The third-order valence-electron chi connectivity index (χ3n) is 2.89. The Labute approximate surface area is 98.9 Å². The lowest BCUT2D eigenvalue weighted by Crippen LogP contribution is -3.00. The molecule has 0 saturated carbocycles. The van der Waals surface area contributed by atoms with Gasteiger partial charge in [-0.2, -0.15) is 0 Å². The predicted octanol–water partition coefficient (Wildman–Crippen LogP) is 0.511. The van der Waals surface area contributed by atoms with Crippen molar-refractivity contribution in [2.45, 2.75) is 58.9 Å². The summed E-state index contributed by atoms with van der Waals surface area (Å²) in [4.78, 5) is 0. The van der Waals surface area contributed by atoms with Crippen molar-refractivity contribution in [3.8, 4) is 0 Å². The Balaban J connectivity index is 0.00000225. The second-order valence-electron chi connectivity index (χ2n) is 4.21. The highest BCUT2D eigenvalue weighted by Gasteiger charge is 1.99. The topological polar surface area (TPSA) is 3.88 Å². The molecule has 1 aromatic rings. The van der Waals surface area contributed by atoms with Gasteiger partial charge in [-0.05, 0) is 18.4 Å². The van der Waals surface area contributed by atoms with Gasteiger partial charge in [0.2, 0.25) is 0 Å². The van der Waals surface area contributed by atoms with Gasteiger partial charge >= 0.3 is 0 Å². The van der Waals surface area contributed by atoms with Crippen molar-refractivity contribution >= 4 is 0 Å². The van der Waals surface area contributed by atoms with Gasteiger partial charge in [0.05, 0.1) is 0 Å². The minimum Gasteiger partial charge on any atom is -1.00 e. The molecule has 2 heteroatoms. The zero-order chi connectivity index (χ0) is 10.9.